The topological polar surface area (TPSA) is 84.5 Å². The van der Waals surface area contributed by atoms with Crippen LogP contribution >= 0.6 is 0 Å². The number of rotatable bonds is 5. The van der Waals surface area contributed by atoms with E-state index >= 15 is 0 Å². The van der Waals surface area contributed by atoms with Gasteiger partial charge in [-0.15, -0.1) is 0 Å². The zero-order chi connectivity index (χ0) is 17.9. The van der Waals surface area contributed by atoms with Crippen molar-refractivity contribution in [2.45, 2.75) is 18.7 Å². The second-order valence-electron chi connectivity index (χ2n) is 5.11. The van der Waals surface area contributed by atoms with Crippen molar-refractivity contribution in [1.82, 2.24) is 0 Å². The number of methoxy groups -OCH3 is 1. The molecule has 0 unspecified atom stereocenters. The summed E-state index contributed by atoms with van der Waals surface area (Å²) >= 11 is 0. The molecule has 0 aromatic heterocycles. The number of nitrogens with one attached hydrogen (secondary N) is 2. The van der Waals surface area contributed by atoms with Crippen LogP contribution in [0.1, 0.15) is 12.5 Å². The monoisotopic (exact) mass is 352 g/mol. The summed E-state index contributed by atoms with van der Waals surface area (Å²) in [5, 5.41) is 2.51. The zero-order valence-corrected chi connectivity index (χ0v) is 14.2. The van der Waals surface area contributed by atoms with Gasteiger partial charge in [-0.25, -0.2) is 12.8 Å². The molecule has 0 aliphatic carbocycles. The lowest BCUT2D eigenvalue weighted by molar-refractivity contribution is -0.114. The first-order chi connectivity index (χ1) is 11.2. The maximum Gasteiger partial charge on any atom is 0.261 e. The molecule has 2 N–H and O–H groups in total. The quantitative estimate of drug-likeness (QED) is 0.866. The molecular formula is C16H17FN2O4S. The molecule has 0 fully saturated rings. The molecule has 0 spiro atoms. The average Bonchev–Trinajstić information content (AvgIpc) is 2.50. The highest BCUT2D eigenvalue weighted by atomic mass is 32.2. The van der Waals surface area contributed by atoms with E-state index in [0.717, 1.165) is 6.07 Å². The summed E-state index contributed by atoms with van der Waals surface area (Å²) in [6.45, 7) is 2.96. The fourth-order valence-corrected chi connectivity index (χ4v) is 3.20. The number of carbonyl (C=O) groups excluding carboxylic acids is 1. The Morgan fingerprint density at radius 3 is 2.46 bits per heavy atom. The number of benzene rings is 2. The Kier molecular flexibility index (Phi) is 5.08. The van der Waals surface area contributed by atoms with Gasteiger partial charge >= 0.3 is 0 Å². The zero-order valence-electron chi connectivity index (χ0n) is 13.4. The number of hydrogen-bond acceptors (Lipinski definition) is 4. The van der Waals surface area contributed by atoms with Crippen LogP contribution in [0.5, 0.6) is 5.75 Å². The summed E-state index contributed by atoms with van der Waals surface area (Å²) in [5.41, 5.74) is 0.950. The molecule has 0 aliphatic heterocycles. The molecule has 2 aromatic carbocycles. The Morgan fingerprint density at radius 1 is 1.12 bits per heavy atom. The van der Waals surface area contributed by atoms with Gasteiger partial charge in [0, 0.05) is 6.92 Å². The van der Waals surface area contributed by atoms with Crippen LogP contribution in [0.4, 0.5) is 15.8 Å². The van der Waals surface area contributed by atoms with Crippen LogP contribution in [0, 0.1) is 12.7 Å². The molecule has 2 rings (SSSR count). The van der Waals surface area contributed by atoms with E-state index in [2.05, 4.69) is 10.0 Å². The van der Waals surface area contributed by atoms with Crippen molar-refractivity contribution in [3.63, 3.8) is 0 Å². The highest BCUT2D eigenvalue weighted by Gasteiger charge is 2.18. The third kappa shape index (κ3) is 4.02. The molecule has 0 aliphatic rings. The first kappa shape index (κ1) is 17.7. The normalized spacial score (nSPS) is 11.0. The van der Waals surface area contributed by atoms with Crippen LogP contribution in [-0.4, -0.2) is 21.4 Å². The van der Waals surface area contributed by atoms with Crippen molar-refractivity contribution in [3.05, 3.63) is 47.8 Å². The molecule has 0 atom stereocenters. The predicted molar refractivity (Wildman–Crippen MR) is 89.2 cm³/mol. The molecule has 0 bridgehead atoms. The van der Waals surface area contributed by atoms with Crippen molar-refractivity contribution in [2.24, 2.45) is 0 Å². The van der Waals surface area contributed by atoms with Gasteiger partial charge in [0.2, 0.25) is 5.91 Å². The SMILES string of the molecule is COc1ccc(S(=O)(=O)Nc2cc(F)ccc2C)cc1NC(C)=O. The second kappa shape index (κ2) is 6.88. The summed E-state index contributed by atoms with van der Waals surface area (Å²) in [7, 11) is -2.55. The molecule has 0 saturated heterocycles. The highest BCUT2D eigenvalue weighted by molar-refractivity contribution is 7.92. The van der Waals surface area contributed by atoms with Gasteiger partial charge in [0.1, 0.15) is 11.6 Å². The molecule has 2 aromatic rings. The third-order valence-corrected chi connectivity index (χ3v) is 4.60. The highest BCUT2D eigenvalue weighted by Crippen LogP contribution is 2.29. The number of hydrogen-bond donors (Lipinski definition) is 2. The van der Waals surface area contributed by atoms with Gasteiger partial charge in [-0.2, -0.15) is 0 Å². The van der Waals surface area contributed by atoms with E-state index in [1.165, 1.54) is 44.4 Å². The van der Waals surface area contributed by atoms with E-state index < -0.39 is 15.8 Å². The fraction of sp³-hybridized carbons (Fsp3) is 0.188. The van der Waals surface area contributed by atoms with Crippen LogP contribution in [0.2, 0.25) is 0 Å². The molecule has 8 heteroatoms. The van der Waals surface area contributed by atoms with Gasteiger partial charge in [0.15, 0.2) is 0 Å². The van der Waals surface area contributed by atoms with Gasteiger partial charge in [0.25, 0.3) is 10.0 Å². The Morgan fingerprint density at radius 2 is 1.83 bits per heavy atom. The number of halogens is 1. The fourth-order valence-electron chi connectivity index (χ4n) is 2.05. The van der Waals surface area contributed by atoms with Crippen molar-refractivity contribution < 1.29 is 22.3 Å². The van der Waals surface area contributed by atoms with Crippen molar-refractivity contribution in [1.29, 1.82) is 0 Å². The maximum absolute atomic E-state index is 13.3. The molecule has 0 saturated carbocycles. The third-order valence-electron chi connectivity index (χ3n) is 3.24. The molecule has 6 nitrogen and oxygen atoms in total. The Balaban J connectivity index is 2.42. The lowest BCUT2D eigenvalue weighted by atomic mass is 10.2. The molecule has 128 valence electrons. The minimum Gasteiger partial charge on any atom is -0.495 e. The summed E-state index contributed by atoms with van der Waals surface area (Å²) in [6.07, 6.45) is 0. The Bertz CT molecular complexity index is 882. The van der Waals surface area contributed by atoms with Gasteiger partial charge in [0.05, 0.1) is 23.4 Å². The number of carbonyl (C=O) groups is 1. The largest absolute Gasteiger partial charge is 0.495 e. The predicted octanol–water partition coefficient (Wildman–Crippen LogP) is 2.90. The molecule has 24 heavy (non-hydrogen) atoms. The summed E-state index contributed by atoms with van der Waals surface area (Å²) in [5.74, 6) is -0.588. The lowest BCUT2D eigenvalue weighted by Crippen LogP contribution is -2.15. The van der Waals surface area contributed by atoms with Gasteiger partial charge in [-0.1, -0.05) is 6.07 Å². The van der Waals surface area contributed by atoms with Crippen LogP contribution in [0.3, 0.4) is 0 Å². The standard InChI is InChI=1S/C16H17FN2O4S/c1-10-4-5-12(17)8-14(10)19-24(21,22)13-6-7-16(23-3)15(9-13)18-11(2)20/h4-9,19H,1-3H3,(H,18,20). The molecule has 0 heterocycles. The Hall–Kier alpha value is -2.61. The van der Waals surface area contributed by atoms with E-state index in [1.54, 1.807) is 6.92 Å². The maximum atomic E-state index is 13.3. The van der Waals surface area contributed by atoms with Crippen LogP contribution in [0.15, 0.2) is 41.3 Å². The number of aryl methyl sites for hydroxylation is 1. The summed E-state index contributed by atoms with van der Waals surface area (Å²) in [4.78, 5) is 11.2. The first-order valence-electron chi connectivity index (χ1n) is 6.97. The van der Waals surface area contributed by atoms with E-state index in [9.17, 15) is 17.6 Å². The number of sulfonamides is 1. The number of anilines is 2. The van der Waals surface area contributed by atoms with Crippen LogP contribution < -0.4 is 14.8 Å². The van der Waals surface area contributed by atoms with Gasteiger partial charge in [-0.3, -0.25) is 9.52 Å². The van der Waals surface area contributed by atoms with Crippen molar-refractivity contribution in [3.8, 4) is 5.75 Å². The lowest BCUT2D eigenvalue weighted by Gasteiger charge is -2.13. The smallest absolute Gasteiger partial charge is 0.261 e. The minimum absolute atomic E-state index is 0.0873. The van der Waals surface area contributed by atoms with E-state index in [4.69, 9.17) is 4.74 Å². The minimum atomic E-state index is -3.96. The summed E-state index contributed by atoms with van der Waals surface area (Å²) < 4.78 is 45.8. The molecule has 1 amide bonds. The van der Waals surface area contributed by atoms with Gasteiger partial charge < -0.3 is 10.1 Å². The van der Waals surface area contributed by atoms with E-state index in [-0.39, 0.29) is 22.2 Å². The van der Waals surface area contributed by atoms with Gasteiger partial charge in [-0.05, 0) is 42.8 Å². The first-order valence-corrected chi connectivity index (χ1v) is 8.46. The number of amides is 1. The van der Waals surface area contributed by atoms with Crippen molar-refractivity contribution in [2.75, 3.05) is 17.1 Å². The van der Waals surface area contributed by atoms with Crippen LogP contribution in [0.25, 0.3) is 0 Å². The molecule has 0 radical (unpaired) electrons. The molecular weight excluding hydrogens is 335 g/mol. The second-order valence-corrected chi connectivity index (χ2v) is 6.79. The van der Waals surface area contributed by atoms with E-state index in [1.807, 2.05) is 0 Å². The summed E-state index contributed by atoms with van der Waals surface area (Å²) in [6, 6.07) is 7.86. The van der Waals surface area contributed by atoms with Crippen molar-refractivity contribution >= 4 is 27.3 Å². The average molecular weight is 352 g/mol. The van der Waals surface area contributed by atoms with E-state index in [0.29, 0.717) is 11.3 Å². The number of ether oxygens (including phenoxy) is 1. The van der Waals surface area contributed by atoms with Crippen LogP contribution in [-0.2, 0) is 14.8 Å². The Labute approximate surface area is 139 Å².